The van der Waals surface area contributed by atoms with E-state index in [9.17, 15) is 9.59 Å². The smallest absolute Gasteiger partial charge is 0.345 e. The number of rotatable bonds is 7. The summed E-state index contributed by atoms with van der Waals surface area (Å²) in [4.78, 5) is 38.1. The Kier molecular flexibility index (Phi) is 5.17. The molecule has 138 valence electrons. The third-order valence-electron chi connectivity index (χ3n) is 4.46. The predicted molar refractivity (Wildman–Crippen MR) is 96.3 cm³/mol. The van der Waals surface area contributed by atoms with Crippen molar-refractivity contribution >= 4 is 23.3 Å². The van der Waals surface area contributed by atoms with Gasteiger partial charge in [-0.3, -0.25) is 9.63 Å². The average Bonchev–Trinajstić information content (AvgIpc) is 3.15. The van der Waals surface area contributed by atoms with E-state index in [1.165, 1.54) is 21.3 Å². The van der Waals surface area contributed by atoms with Crippen molar-refractivity contribution in [1.29, 1.82) is 0 Å². The minimum atomic E-state index is -0.687. The molecule has 2 atom stereocenters. The van der Waals surface area contributed by atoms with Gasteiger partial charge in [-0.15, -0.1) is 17.9 Å². The predicted octanol–water partition coefficient (Wildman–Crippen LogP) is 2.64. The van der Waals surface area contributed by atoms with Gasteiger partial charge in [0.05, 0.1) is 13.2 Å². The minimum Gasteiger partial charge on any atom is -0.347 e. The lowest BCUT2D eigenvalue weighted by Crippen LogP contribution is -2.43. The lowest BCUT2D eigenvalue weighted by Gasteiger charge is -2.32. The van der Waals surface area contributed by atoms with Gasteiger partial charge in [0.1, 0.15) is 12.1 Å². The van der Waals surface area contributed by atoms with Crippen LogP contribution in [-0.2, 0) is 16.1 Å². The first-order valence-electron chi connectivity index (χ1n) is 8.17. The molecule has 0 spiro atoms. The van der Waals surface area contributed by atoms with Gasteiger partial charge in [0.15, 0.2) is 0 Å². The lowest BCUT2D eigenvalue weighted by molar-refractivity contribution is -0.133. The molecule has 2 aliphatic heterocycles. The SMILES string of the molecule is C=CCON1C(=O)N2C[C@@H]1c1scc(CCN=[N+]=[N-])c1[C@H]2C(=O)N(C)C. The highest BCUT2D eigenvalue weighted by Crippen LogP contribution is 2.48. The van der Waals surface area contributed by atoms with Gasteiger partial charge >= 0.3 is 6.03 Å². The maximum atomic E-state index is 12.9. The number of likely N-dealkylation sites (N-methyl/N-ethyl adjacent to an activating group) is 1. The van der Waals surface area contributed by atoms with E-state index in [1.807, 2.05) is 5.38 Å². The first-order chi connectivity index (χ1) is 12.5. The molecule has 0 aliphatic carbocycles. The van der Waals surface area contributed by atoms with Crippen LogP contribution in [0.15, 0.2) is 23.1 Å². The monoisotopic (exact) mass is 376 g/mol. The van der Waals surface area contributed by atoms with Gasteiger partial charge in [-0.25, -0.2) is 4.79 Å². The first-order valence-corrected chi connectivity index (χ1v) is 9.05. The van der Waals surface area contributed by atoms with Crippen LogP contribution in [-0.4, -0.2) is 60.6 Å². The van der Waals surface area contributed by atoms with E-state index in [-0.39, 0.29) is 24.6 Å². The molecule has 3 rings (SSSR count). The number of azide groups is 1. The Morgan fingerprint density at radius 2 is 2.38 bits per heavy atom. The number of hydroxylamine groups is 2. The van der Waals surface area contributed by atoms with Crippen molar-refractivity contribution in [2.24, 2.45) is 5.11 Å². The highest BCUT2D eigenvalue weighted by molar-refractivity contribution is 7.10. The van der Waals surface area contributed by atoms with Gasteiger partial charge in [-0.2, -0.15) is 5.06 Å². The molecule has 10 heteroatoms. The summed E-state index contributed by atoms with van der Waals surface area (Å²) in [6, 6.07) is -1.25. The summed E-state index contributed by atoms with van der Waals surface area (Å²) >= 11 is 1.51. The molecule has 3 heterocycles. The van der Waals surface area contributed by atoms with E-state index in [1.54, 1.807) is 25.1 Å². The quantitative estimate of drug-likeness (QED) is 0.316. The Balaban J connectivity index is 2.04. The van der Waals surface area contributed by atoms with Gasteiger partial charge in [0, 0.05) is 36.0 Å². The number of thiophene rings is 1. The van der Waals surface area contributed by atoms with Gasteiger partial charge in [0.25, 0.3) is 0 Å². The Morgan fingerprint density at radius 1 is 1.62 bits per heavy atom. The number of hydrogen-bond donors (Lipinski definition) is 0. The summed E-state index contributed by atoms with van der Waals surface area (Å²) in [5, 5.41) is 6.91. The molecule has 0 unspecified atom stereocenters. The Hall–Kier alpha value is -2.55. The number of nitrogens with zero attached hydrogens (tertiary/aromatic N) is 6. The van der Waals surface area contributed by atoms with E-state index in [2.05, 4.69) is 16.6 Å². The summed E-state index contributed by atoms with van der Waals surface area (Å²) in [5.74, 6) is -0.160. The molecule has 1 aromatic heterocycles. The van der Waals surface area contributed by atoms with Crippen LogP contribution in [0.1, 0.15) is 28.1 Å². The van der Waals surface area contributed by atoms with Crippen molar-refractivity contribution in [3.8, 4) is 0 Å². The fraction of sp³-hybridized carbons (Fsp3) is 0.500. The van der Waals surface area contributed by atoms with E-state index >= 15 is 0 Å². The molecule has 0 aromatic carbocycles. The second-order valence-electron chi connectivity index (χ2n) is 6.24. The number of amides is 3. The van der Waals surface area contributed by atoms with E-state index in [4.69, 9.17) is 10.4 Å². The molecule has 26 heavy (non-hydrogen) atoms. The zero-order valence-electron chi connectivity index (χ0n) is 14.7. The largest absolute Gasteiger partial charge is 0.347 e. The fourth-order valence-electron chi connectivity index (χ4n) is 3.34. The van der Waals surface area contributed by atoms with Crippen LogP contribution in [0.4, 0.5) is 4.79 Å². The van der Waals surface area contributed by atoms with Crippen LogP contribution in [0.2, 0.25) is 0 Å². The molecular weight excluding hydrogens is 356 g/mol. The first kappa shape index (κ1) is 18.2. The van der Waals surface area contributed by atoms with Crippen molar-refractivity contribution in [2.75, 3.05) is 33.8 Å². The van der Waals surface area contributed by atoms with Crippen LogP contribution < -0.4 is 0 Å². The number of carbonyl (C=O) groups excluding carboxylic acids is 2. The Labute approximate surface area is 155 Å². The average molecular weight is 376 g/mol. The molecule has 0 radical (unpaired) electrons. The van der Waals surface area contributed by atoms with Gasteiger partial charge in [-0.05, 0) is 22.9 Å². The lowest BCUT2D eigenvalue weighted by atomic mass is 9.93. The third kappa shape index (κ3) is 2.92. The second-order valence-corrected chi connectivity index (χ2v) is 7.15. The molecule has 1 fully saturated rings. The van der Waals surface area contributed by atoms with Gasteiger partial charge in [-0.1, -0.05) is 11.2 Å². The molecule has 1 saturated heterocycles. The molecular formula is C16H20N6O3S. The zero-order chi connectivity index (χ0) is 18.8. The van der Waals surface area contributed by atoms with Gasteiger partial charge in [0.2, 0.25) is 5.91 Å². The number of fused-ring (bicyclic) bond motifs is 4. The standard InChI is InChI=1S/C16H20N6O3S/c1-4-7-25-22-11-8-21(16(22)24)13(15(23)20(2)3)12-10(5-6-18-19-17)9-26-14(11)12/h4,9,11,13H,1,5-8H2,2-3H3/t11-,13+/m1/s1. The summed E-state index contributed by atoms with van der Waals surface area (Å²) < 4.78 is 0. The van der Waals surface area contributed by atoms with Crippen LogP contribution >= 0.6 is 11.3 Å². The maximum absolute atomic E-state index is 12.9. The number of hydrogen-bond acceptors (Lipinski definition) is 5. The van der Waals surface area contributed by atoms with Crippen LogP contribution in [0.5, 0.6) is 0 Å². The third-order valence-corrected chi connectivity index (χ3v) is 5.61. The molecule has 0 saturated carbocycles. The van der Waals surface area contributed by atoms with Crippen molar-refractivity contribution < 1.29 is 14.4 Å². The number of urea groups is 1. The highest BCUT2D eigenvalue weighted by Gasteiger charge is 2.52. The molecule has 1 aromatic rings. The van der Waals surface area contributed by atoms with Crippen molar-refractivity contribution in [3.05, 3.63) is 44.5 Å². The van der Waals surface area contributed by atoms with Crippen molar-refractivity contribution in [2.45, 2.75) is 18.5 Å². The summed E-state index contributed by atoms with van der Waals surface area (Å²) in [6.45, 7) is 4.54. The molecule has 2 bridgehead atoms. The van der Waals surface area contributed by atoms with E-state index < -0.39 is 6.04 Å². The van der Waals surface area contributed by atoms with Crippen molar-refractivity contribution in [1.82, 2.24) is 14.9 Å². The van der Waals surface area contributed by atoms with Crippen LogP contribution in [0.25, 0.3) is 10.4 Å². The molecule has 9 nitrogen and oxygen atoms in total. The minimum absolute atomic E-state index is 0.160. The maximum Gasteiger partial charge on any atom is 0.345 e. The van der Waals surface area contributed by atoms with Crippen LogP contribution in [0.3, 0.4) is 0 Å². The van der Waals surface area contributed by atoms with E-state index in [0.717, 1.165) is 16.0 Å². The summed E-state index contributed by atoms with van der Waals surface area (Å²) in [6.07, 6.45) is 2.10. The molecule has 2 aliphatic rings. The van der Waals surface area contributed by atoms with Crippen molar-refractivity contribution in [3.63, 3.8) is 0 Å². The van der Waals surface area contributed by atoms with E-state index in [0.29, 0.717) is 19.5 Å². The topological polar surface area (TPSA) is 102 Å². The van der Waals surface area contributed by atoms with Crippen LogP contribution in [0, 0.1) is 0 Å². The summed E-state index contributed by atoms with van der Waals surface area (Å²) in [7, 11) is 3.35. The Bertz CT molecular complexity index is 785. The summed E-state index contributed by atoms with van der Waals surface area (Å²) in [5.41, 5.74) is 10.3. The Morgan fingerprint density at radius 3 is 3.04 bits per heavy atom. The normalized spacial score (nSPS) is 20.6. The fourth-order valence-corrected chi connectivity index (χ4v) is 4.55. The molecule has 0 N–H and O–H groups in total. The van der Waals surface area contributed by atoms with Gasteiger partial charge < -0.3 is 9.80 Å². The number of carbonyl (C=O) groups is 2. The second kappa shape index (κ2) is 7.36. The zero-order valence-corrected chi connectivity index (χ0v) is 15.5. The highest BCUT2D eigenvalue weighted by atomic mass is 32.1. The molecule has 3 amide bonds.